The Morgan fingerprint density at radius 3 is 2.16 bits per heavy atom. The molecule has 9 heteroatoms. The van der Waals surface area contributed by atoms with Gasteiger partial charge < -0.3 is 25.2 Å². The molecule has 9 nitrogen and oxygen atoms in total. The lowest BCUT2D eigenvalue weighted by Crippen LogP contribution is -2.38. The fourth-order valence-electron chi connectivity index (χ4n) is 3.49. The minimum absolute atomic E-state index is 0.0340. The molecular weight excluding hydrogens is 476 g/mol. The van der Waals surface area contributed by atoms with Crippen molar-refractivity contribution in [2.45, 2.75) is 58.2 Å². The molecule has 0 radical (unpaired) electrons. The second kappa shape index (κ2) is 16.3. The van der Waals surface area contributed by atoms with Crippen molar-refractivity contribution in [1.29, 1.82) is 0 Å². The topological polar surface area (TPSA) is 131 Å². The number of esters is 2. The van der Waals surface area contributed by atoms with Gasteiger partial charge >= 0.3 is 11.9 Å². The Kier molecular flexibility index (Phi) is 13.9. The summed E-state index contributed by atoms with van der Waals surface area (Å²) in [6.45, 7) is 12.4. The van der Waals surface area contributed by atoms with Crippen molar-refractivity contribution in [2.75, 3.05) is 19.7 Å². The number of nitrogens with one attached hydrogen (secondary N) is 2. The van der Waals surface area contributed by atoms with Gasteiger partial charge in [0.1, 0.15) is 11.7 Å². The number of aliphatic hydroxyl groups is 1. The number of ether oxygens (including phenoxy) is 2. The van der Waals surface area contributed by atoms with E-state index in [1.807, 2.05) is 6.07 Å². The van der Waals surface area contributed by atoms with Gasteiger partial charge in [0.2, 0.25) is 11.8 Å². The molecule has 0 saturated carbocycles. The number of aliphatic hydroxyl groups excluding tert-OH is 1. The largest absolute Gasteiger partial charge is 0.460 e. The molecule has 0 saturated heterocycles. The van der Waals surface area contributed by atoms with Crippen LogP contribution in [0.4, 0.5) is 0 Å². The highest BCUT2D eigenvalue weighted by Crippen LogP contribution is 2.23. The summed E-state index contributed by atoms with van der Waals surface area (Å²) in [4.78, 5) is 50.3. The number of benzene rings is 1. The number of allylic oxidation sites excluding steroid dienone is 2. The lowest BCUT2D eigenvalue weighted by Gasteiger charge is -2.24. The second-order valence-corrected chi connectivity index (χ2v) is 9.59. The molecule has 3 atom stereocenters. The molecule has 0 aliphatic rings. The zero-order chi connectivity index (χ0) is 27.8. The molecule has 1 aromatic carbocycles. The van der Waals surface area contributed by atoms with Gasteiger partial charge in [-0.25, -0.2) is 0 Å². The van der Waals surface area contributed by atoms with Gasteiger partial charge in [-0.1, -0.05) is 42.5 Å². The maximum absolute atomic E-state index is 13.1. The summed E-state index contributed by atoms with van der Waals surface area (Å²) in [7, 11) is 0. The minimum atomic E-state index is -0.823. The van der Waals surface area contributed by atoms with E-state index in [-0.39, 0.29) is 51.3 Å². The van der Waals surface area contributed by atoms with Crippen LogP contribution in [0.2, 0.25) is 0 Å². The summed E-state index contributed by atoms with van der Waals surface area (Å²) >= 11 is 0. The number of amides is 2. The van der Waals surface area contributed by atoms with Crippen LogP contribution in [0.5, 0.6) is 0 Å². The molecule has 1 aromatic rings. The van der Waals surface area contributed by atoms with Crippen LogP contribution < -0.4 is 10.6 Å². The predicted octanol–water partition coefficient (Wildman–Crippen LogP) is 3.00. The highest BCUT2D eigenvalue weighted by molar-refractivity contribution is 5.86. The van der Waals surface area contributed by atoms with Gasteiger partial charge in [-0.2, -0.15) is 0 Å². The van der Waals surface area contributed by atoms with Gasteiger partial charge in [-0.3, -0.25) is 19.2 Å². The van der Waals surface area contributed by atoms with Gasteiger partial charge in [0, 0.05) is 13.0 Å². The van der Waals surface area contributed by atoms with Crippen LogP contribution in [-0.2, 0) is 28.7 Å². The summed E-state index contributed by atoms with van der Waals surface area (Å²) in [6.07, 6.45) is 2.51. The zero-order valence-electron chi connectivity index (χ0n) is 22.0. The number of carbonyl (C=O) groups is 4. The maximum Gasteiger partial charge on any atom is 0.310 e. The molecule has 0 unspecified atom stereocenters. The lowest BCUT2D eigenvalue weighted by atomic mass is 9.99. The van der Waals surface area contributed by atoms with Crippen molar-refractivity contribution in [3.05, 3.63) is 61.2 Å². The number of carbonyl (C=O) groups excluding carboxylic acids is 4. The highest BCUT2D eigenvalue weighted by atomic mass is 16.6. The Hall–Kier alpha value is -3.46. The van der Waals surface area contributed by atoms with E-state index in [1.54, 1.807) is 51.1 Å². The average molecular weight is 517 g/mol. The number of hydrogen-bond donors (Lipinski definition) is 3. The molecule has 204 valence electrons. The molecule has 0 aromatic heterocycles. The summed E-state index contributed by atoms with van der Waals surface area (Å²) in [5.41, 5.74) is -0.0279. The van der Waals surface area contributed by atoms with Gasteiger partial charge in [-0.15, -0.1) is 13.2 Å². The first-order valence-electron chi connectivity index (χ1n) is 12.3. The molecule has 37 heavy (non-hydrogen) atoms. The van der Waals surface area contributed by atoms with E-state index in [0.29, 0.717) is 5.56 Å². The molecule has 0 spiro atoms. The quantitative estimate of drug-likeness (QED) is 0.227. The molecule has 0 heterocycles. The van der Waals surface area contributed by atoms with Crippen molar-refractivity contribution >= 4 is 23.8 Å². The molecule has 3 N–H and O–H groups in total. The molecule has 0 bridgehead atoms. The zero-order valence-corrected chi connectivity index (χ0v) is 22.0. The molecule has 0 aliphatic heterocycles. The normalized spacial score (nSPS) is 13.4. The summed E-state index contributed by atoms with van der Waals surface area (Å²) in [5, 5.41) is 14.2. The Morgan fingerprint density at radius 2 is 1.59 bits per heavy atom. The van der Waals surface area contributed by atoms with Crippen LogP contribution in [0.1, 0.15) is 58.1 Å². The first-order valence-corrected chi connectivity index (χ1v) is 12.3. The van der Waals surface area contributed by atoms with E-state index >= 15 is 0 Å². The van der Waals surface area contributed by atoms with Crippen LogP contribution in [0.25, 0.3) is 0 Å². The Labute approximate surface area is 219 Å². The highest BCUT2D eigenvalue weighted by Gasteiger charge is 2.29. The average Bonchev–Trinajstić information content (AvgIpc) is 2.83. The van der Waals surface area contributed by atoms with Gasteiger partial charge in [0.05, 0.1) is 31.4 Å². The summed E-state index contributed by atoms with van der Waals surface area (Å²) < 4.78 is 11.1. The van der Waals surface area contributed by atoms with E-state index in [2.05, 4.69) is 23.8 Å². The van der Waals surface area contributed by atoms with Crippen LogP contribution in [-0.4, -0.2) is 54.2 Å². The summed E-state index contributed by atoms with van der Waals surface area (Å²) in [6, 6.07) is 8.92. The van der Waals surface area contributed by atoms with Crippen LogP contribution in [0, 0.1) is 11.8 Å². The molecule has 0 fully saturated rings. The van der Waals surface area contributed by atoms with Gasteiger partial charge in [0.15, 0.2) is 0 Å². The first-order chi connectivity index (χ1) is 17.5. The summed E-state index contributed by atoms with van der Waals surface area (Å²) in [5.74, 6) is -3.36. The van der Waals surface area contributed by atoms with Crippen molar-refractivity contribution < 1.29 is 33.8 Å². The van der Waals surface area contributed by atoms with E-state index in [0.717, 1.165) is 0 Å². The number of rotatable bonds is 16. The number of hydrogen-bond acceptors (Lipinski definition) is 7. The van der Waals surface area contributed by atoms with Crippen molar-refractivity contribution in [1.82, 2.24) is 10.6 Å². The maximum atomic E-state index is 13.1. The van der Waals surface area contributed by atoms with Crippen molar-refractivity contribution in [3.63, 3.8) is 0 Å². The SMILES string of the molecule is C=CC[C@H](CC(=O)NCCO)C(=O)NC[C@@H](OC(=O)[C@H](CC=C)CC(=O)OC(C)(C)C)c1ccccc1. The third-order valence-electron chi connectivity index (χ3n) is 5.20. The fourth-order valence-corrected chi connectivity index (χ4v) is 3.49. The van der Waals surface area contributed by atoms with E-state index in [4.69, 9.17) is 14.6 Å². The Morgan fingerprint density at radius 1 is 0.973 bits per heavy atom. The fraction of sp³-hybridized carbons (Fsp3) is 0.500. The first kappa shape index (κ1) is 31.6. The van der Waals surface area contributed by atoms with Gasteiger partial charge in [0.25, 0.3) is 0 Å². The minimum Gasteiger partial charge on any atom is -0.460 e. The Bertz CT molecular complexity index is 909. The second-order valence-electron chi connectivity index (χ2n) is 9.59. The smallest absolute Gasteiger partial charge is 0.310 e. The molecular formula is C28H40N2O7. The van der Waals surface area contributed by atoms with E-state index in [9.17, 15) is 19.2 Å². The van der Waals surface area contributed by atoms with Crippen LogP contribution in [0.3, 0.4) is 0 Å². The van der Waals surface area contributed by atoms with Gasteiger partial charge in [-0.05, 0) is 39.2 Å². The molecule has 1 rings (SSSR count). The lowest BCUT2D eigenvalue weighted by molar-refractivity contribution is -0.164. The van der Waals surface area contributed by atoms with Crippen LogP contribution >= 0.6 is 0 Å². The van der Waals surface area contributed by atoms with E-state index < -0.39 is 41.4 Å². The molecule has 0 aliphatic carbocycles. The third kappa shape index (κ3) is 12.9. The van der Waals surface area contributed by atoms with E-state index in [1.165, 1.54) is 6.08 Å². The van der Waals surface area contributed by atoms with Crippen molar-refractivity contribution in [2.24, 2.45) is 11.8 Å². The Balaban J connectivity index is 2.96. The standard InChI is InChI=1S/C28H40N2O7/c1-6-11-21(17-24(32)29-15-16-31)26(34)30-19-23(20-13-9-8-10-14-20)36-27(35)22(12-7-2)18-25(33)37-28(3,4)5/h6-10,13-14,21-23,31H,1-2,11-12,15-19H2,3-5H3,(H,29,32)(H,30,34)/t21-,22-,23-/m1/s1. The van der Waals surface area contributed by atoms with Crippen molar-refractivity contribution in [3.8, 4) is 0 Å². The molecule has 2 amide bonds. The third-order valence-corrected chi connectivity index (χ3v) is 5.20. The monoisotopic (exact) mass is 516 g/mol. The predicted molar refractivity (Wildman–Crippen MR) is 140 cm³/mol. The van der Waals surface area contributed by atoms with Crippen LogP contribution in [0.15, 0.2) is 55.6 Å².